The van der Waals surface area contributed by atoms with Crippen LogP contribution in [0.2, 0.25) is 0 Å². The van der Waals surface area contributed by atoms with Crippen molar-refractivity contribution in [3.8, 4) is 0 Å². The molecule has 0 aromatic heterocycles. The third kappa shape index (κ3) is 2.37. The fourth-order valence-electron chi connectivity index (χ4n) is 2.64. The lowest BCUT2D eigenvalue weighted by Crippen LogP contribution is -2.43. The summed E-state index contributed by atoms with van der Waals surface area (Å²) in [6.45, 7) is 1.99. The summed E-state index contributed by atoms with van der Waals surface area (Å²) in [6, 6.07) is 8.10. The molecule has 2 rings (SSSR count). The van der Waals surface area contributed by atoms with Gasteiger partial charge in [0, 0.05) is 0 Å². The molecule has 0 amide bonds. The average molecular weight is 260 g/mol. The summed E-state index contributed by atoms with van der Waals surface area (Å²) in [5, 5.41) is 0. The Morgan fingerprint density at radius 2 is 2.05 bits per heavy atom. The topological polar surface area (TPSA) is 35.5 Å². The maximum atomic E-state index is 12.1. The molecule has 0 heterocycles. The summed E-state index contributed by atoms with van der Waals surface area (Å²) in [5.41, 5.74) is 2.74. The lowest BCUT2D eigenvalue weighted by molar-refractivity contribution is -0.151. The third-order valence-corrected chi connectivity index (χ3v) is 3.95. The van der Waals surface area contributed by atoms with Gasteiger partial charge in [-0.25, -0.2) is 0 Å². The van der Waals surface area contributed by atoms with Gasteiger partial charge < -0.3 is 9.47 Å². The Kier molecular flexibility index (Phi) is 3.93. The van der Waals surface area contributed by atoms with Gasteiger partial charge in [0.2, 0.25) is 0 Å². The number of rotatable bonds is 4. The average Bonchev–Trinajstić information content (AvgIpc) is 2.38. The molecular formula is C16H20O3. The van der Waals surface area contributed by atoms with Crippen molar-refractivity contribution in [2.75, 3.05) is 14.2 Å². The van der Waals surface area contributed by atoms with Gasteiger partial charge in [0.05, 0.1) is 25.9 Å². The zero-order valence-corrected chi connectivity index (χ0v) is 11.7. The molecule has 0 unspecified atom stereocenters. The molecule has 0 saturated heterocycles. The van der Waals surface area contributed by atoms with Crippen molar-refractivity contribution in [2.45, 2.75) is 31.6 Å². The Bertz CT molecular complexity index is 498. The zero-order valence-electron chi connectivity index (χ0n) is 11.7. The molecule has 1 aromatic rings. The second kappa shape index (κ2) is 5.47. The van der Waals surface area contributed by atoms with Gasteiger partial charge in [-0.1, -0.05) is 30.7 Å². The van der Waals surface area contributed by atoms with E-state index in [4.69, 9.17) is 9.47 Å². The first kappa shape index (κ1) is 13.7. The molecule has 19 heavy (non-hydrogen) atoms. The smallest absolute Gasteiger partial charge is 0.316 e. The van der Waals surface area contributed by atoms with E-state index in [1.165, 1.54) is 7.11 Å². The fourth-order valence-corrected chi connectivity index (χ4v) is 2.64. The Hall–Kier alpha value is -1.77. The SMILES string of the molecule is COC=C(C)c1cccc(C2(C(=O)OC)CCC2)c1. The van der Waals surface area contributed by atoms with E-state index in [0.717, 1.165) is 36.0 Å². The van der Waals surface area contributed by atoms with Gasteiger partial charge in [0.15, 0.2) is 0 Å². The summed E-state index contributed by atoms with van der Waals surface area (Å²) in [5.74, 6) is -0.121. The van der Waals surface area contributed by atoms with Crippen LogP contribution in [0.15, 0.2) is 30.5 Å². The monoisotopic (exact) mass is 260 g/mol. The summed E-state index contributed by atoms with van der Waals surface area (Å²) in [6.07, 6.45) is 4.53. The van der Waals surface area contributed by atoms with E-state index in [9.17, 15) is 4.79 Å². The van der Waals surface area contributed by atoms with E-state index in [2.05, 4.69) is 6.07 Å². The summed E-state index contributed by atoms with van der Waals surface area (Å²) < 4.78 is 10.0. The minimum atomic E-state index is -0.432. The maximum absolute atomic E-state index is 12.1. The van der Waals surface area contributed by atoms with E-state index in [1.54, 1.807) is 13.4 Å². The number of ether oxygens (including phenoxy) is 2. The zero-order chi connectivity index (χ0) is 13.9. The first-order valence-corrected chi connectivity index (χ1v) is 6.53. The molecule has 0 atom stereocenters. The largest absolute Gasteiger partial charge is 0.504 e. The molecule has 0 aliphatic heterocycles. The van der Waals surface area contributed by atoms with Gasteiger partial charge in [-0.15, -0.1) is 0 Å². The number of carbonyl (C=O) groups is 1. The van der Waals surface area contributed by atoms with Crippen LogP contribution in [-0.4, -0.2) is 20.2 Å². The minimum absolute atomic E-state index is 0.121. The Labute approximate surface area is 114 Å². The molecule has 0 N–H and O–H groups in total. The van der Waals surface area contributed by atoms with Gasteiger partial charge >= 0.3 is 5.97 Å². The number of carbonyl (C=O) groups excluding carboxylic acids is 1. The van der Waals surface area contributed by atoms with Crippen molar-refractivity contribution in [1.29, 1.82) is 0 Å². The van der Waals surface area contributed by atoms with Gasteiger partial charge in [-0.05, 0) is 36.5 Å². The molecule has 1 aromatic carbocycles. The first-order chi connectivity index (χ1) is 9.14. The van der Waals surface area contributed by atoms with Crippen LogP contribution < -0.4 is 0 Å². The maximum Gasteiger partial charge on any atom is 0.316 e. The van der Waals surface area contributed by atoms with E-state index >= 15 is 0 Å². The molecule has 1 fully saturated rings. The highest BCUT2D eigenvalue weighted by molar-refractivity contribution is 5.84. The summed E-state index contributed by atoms with van der Waals surface area (Å²) >= 11 is 0. The molecule has 3 nitrogen and oxygen atoms in total. The van der Waals surface area contributed by atoms with Crippen LogP contribution in [0.1, 0.15) is 37.3 Å². The predicted molar refractivity (Wildman–Crippen MR) is 74.6 cm³/mol. The molecular weight excluding hydrogens is 240 g/mol. The lowest BCUT2D eigenvalue weighted by atomic mass is 9.64. The van der Waals surface area contributed by atoms with E-state index in [0.29, 0.717) is 0 Å². The molecule has 0 bridgehead atoms. The number of methoxy groups -OCH3 is 2. The normalized spacial score (nSPS) is 17.5. The predicted octanol–water partition coefficient (Wildman–Crippen LogP) is 3.29. The molecule has 1 aliphatic rings. The van der Waals surface area contributed by atoms with E-state index in [-0.39, 0.29) is 5.97 Å². The second-order valence-corrected chi connectivity index (χ2v) is 5.04. The molecule has 0 spiro atoms. The highest BCUT2D eigenvalue weighted by Crippen LogP contribution is 2.45. The van der Waals surface area contributed by atoms with Gasteiger partial charge in [0.1, 0.15) is 0 Å². The van der Waals surface area contributed by atoms with Crippen LogP contribution >= 0.6 is 0 Å². The second-order valence-electron chi connectivity index (χ2n) is 5.04. The van der Waals surface area contributed by atoms with Crippen LogP contribution in [-0.2, 0) is 19.7 Å². The van der Waals surface area contributed by atoms with Crippen molar-refractivity contribution in [3.05, 3.63) is 41.7 Å². The van der Waals surface area contributed by atoms with Gasteiger partial charge in [-0.3, -0.25) is 4.79 Å². The number of esters is 1. The van der Waals surface area contributed by atoms with Gasteiger partial charge in [-0.2, -0.15) is 0 Å². The summed E-state index contributed by atoms with van der Waals surface area (Å²) in [4.78, 5) is 12.1. The lowest BCUT2D eigenvalue weighted by Gasteiger charge is -2.39. The van der Waals surface area contributed by atoms with Crippen LogP contribution in [0.3, 0.4) is 0 Å². The number of hydrogen-bond acceptors (Lipinski definition) is 3. The Morgan fingerprint density at radius 3 is 2.58 bits per heavy atom. The molecule has 102 valence electrons. The van der Waals surface area contributed by atoms with E-state index < -0.39 is 5.41 Å². The van der Waals surface area contributed by atoms with E-state index in [1.807, 2.05) is 25.1 Å². The number of hydrogen-bond donors (Lipinski definition) is 0. The van der Waals surface area contributed by atoms with Crippen molar-refractivity contribution in [1.82, 2.24) is 0 Å². The molecule has 0 radical (unpaired) electrons. The van der Waals surface area contributed by atoms with Crippen LogP contribution in [0, 0.1) is 0 Å². The van der Waals surface area contributed by atoms with Crippen molar-refractivity contribution < 1.29 is 14.3 Å². The van der Waals surface area contributed by atoms with Crippen molar-refractivity contribution >= 4 is 11.5 Å². The third-order valence-electron chi connectivity index (χ3n) is 3.95. The highest BCUT2D eigenvalue weighted by Gasteiger charge is 2.46. The molecule has 1 aliphatic carbocycles. The first-order valence-electron chi connectivity index (χ1n) is 6.53. The van der Waals surface area contributed by atoms with Gasteiger partial charge in [0.25, 0.3) is 0 Å². The van der Waals surface area contributed by atoms with Crippen molar-refractivity contribution in [3.63, 3.8) is 0 Å². The van der Waals surface area contributed by atoms with Crippen LogP contribution in [0.4, 0.5) is 0 Å². The van der Waals surface area contributed by atoms with Crippen molar-refractivity contribution in [2.24, 2.45) is 0 Å². The standard InChI is InChI=1S/C16H20O3/c1-12(11-18-2)13-6-4-7-14(10-13)16(8-5-9-16)15(17)19-3/h4,6-7,10-11H,5,8-9H2,1-3H3. The summed E-state index contributed by atoms with van der Waals surface area (Å²) in [7, 11) is 3.09. The number of benzene rings is 1. The molecule has 1 saturated carbocycles. The van der Waals surface area contributed by atoms with Crippen LogP contribution in [0.5, 0.6) is 0 Å². The highest BCUT2D eigenvalue weighted by atomic mass is 16.5. The minimum Gasteiger partial charge on any atom is -0.504 e. The number of allylic oxidation sites excluding steroid dienone is 1. The van der Waals surface area contributed by atoms with Crippen LogP contribution in [0.25, 0.3) is 5.57 Å². The quantitative estimate of drug-likeness (QED) is 0.615. The molecule has 3 heteroatoms. The Balaban J connectivity index is 2.38. The Morgan fingerprint density at radius 1 is 1.32 bits per heavy atom. The fraction of sp³-hybridized carbons (Fsp3) is 0.438.